The van der Waals surface area contributed by atoms with Crippen molar-refractivity contribution < 1.29 is 9.84 Å². The first kappa shape index (κ1) is 11.0. The predicted octanol–water partition coefficient (Wildman–Crippen LogP) is 2.36. The van der Waals surface area contributed by atoms with Crippen LogP contribution in [-0.4, -0.2) is 24.9 Å². The van der Waals surface area contributed by atoms with Gasteiger partial charge in [-0.25, -0.2) is 0 Å². The molecule has 0 unspecified atom stereocenters. The molecule has 0 spiro atoms. The molecular weight excluding hydrogens is 164 g/mol. The second-order valence-corrected chi connectivity index (χ2v) is 4.54. The molecule has 0 bridgehead atoms. The van der Waals surface area contributed by atoms with Crippen molar-refractivity contribution in [3.63, 3.8) is 0 Å². The van der Waals surface area contributed by atoms with Crippen molar-refractivity contribution in [2.24, 2.45) is 5.41 Å². The number of aliphatic hydroxyl groups excluding tert-OH is 1. The molecule has 1 rings (SSSR count). The Kier molecular flexibility index (Phi) is 4.74. The van der Waals surface area contributed by atoms with E-state index >= 15 is 0 Å². The van der Waals surface area contributed by atoms with E-state index in [0.29, 0.717) is 12.0 Å². The molecule has 0 aromatic carbocycles. The third-order valence-electron chi connectivity index (χ3n) is 2.84. The molecule has 2 nitrogen and oxygen atoms in total. The minimum absolute atomic E-state index is 0.353. The van der Waals surface area contributed by atoms with Crippen LogP contribution in [0.25, 0.3) is 0 Å². The molecule has 0 aliphatic carbocycles. The van der Waals surface area contributed by atoms with E-state index in [0.717, 1.165) is 19.6 Å². The van der Waals surface area contributed by atoms with Gasteiger partial charge in [-0.1, -0.05) is 32.6 Å². The summed E-state index contributed by atoms with van der Waals surface area (Å²) >= 11 is 0. The maximum Gasteiger partial charge on any atom is 0.0542 e. The van der Waals surface area contributed by atoms with E-state index in [4.69, 9.17) is 9.84 Å². The van der Waals surface area contributed by atoms with Crippen LogP contribution in [0.15, 0.2) is 0 Å². The summed E-state index contributed by atoms with van der Waals surface area (Å²) < 4.78 is 5.20. The van der Waals surface area contributed by atoms with Crippen LogP contribution in [0.5, 0.6) is 0 Å². The standard InChI is InChI=1S/C11H22O2/c1-11(9-13-10-11)7-5-3-2-4-6-8-12/h12H,2-10H2,1H3. The second kappa shape index (κ2) is 5.61. The fraction of sp³-hybridized carbons (Fsp3) is 1.00. The fourth-order valence-electron chi connectivity index (χ4n) is 1.79. The normalized spacial score (nSPS) is 19.8. The van der Waals surface area contributed by atoms with Gasteiger partial charge in [-0.3, -0.25) is 0 Å². The number of hydrogen-bond acceptors (Lipinski definition) is 2. The molecule has 13 heavy (non-hydrogen) atoms. The lowest BCUT2D eigenvalue weighted by Crippen LogP contribution is -2.39. The van der Waals surface area contributed by atoms with E-state index in [9.17, 15) is 0 Å². The first-order valence-corrected chi connectivity index (χ1v) is 5.45. The third kappa shape index (κ3) is 4.10. The van der Waals surface area contributed by atoms with Crippen LogP contribution < -0.4 is 0 Å². The summed E-state index contributed by atoms with van der Waals surface area (Å²) in [7, 11) is 0. The van der Waals surface area contributed by atoms with Crippen molar-refractivity contribution in [1.29, 1.82) is 0 Å². The van der Waals surface area contributed by atoms with Gasteiger partial charge in [-0.15, -0.1) is 0 Å². The summed E-state index contributed by atoms with van der Waals surface area (Å²) in [5.41, 5.74) is 0.497. The predicted molar refractivity (Wildman–Crippen MR) is 53.7 cm³/mol. The molecule has 0 atom stereocenters. The molecule has 0 amide bonds. The molecule has 0 saturated carbocycles. The zero-order valence-electron chi connectivity index (χ0n) is 8.72. The Morgan fingerprint density at radius 1 is 1.08 bits per heavy atom. The van der Waals surface area contributed by atoms with Crippen LogP contribution >= 0.6 is 0 Å². The number of rotatable bonds is 7. The minimum Gasteiger partial charge on any atom is -0.396 e. The highest BCUT2D eigenvalue weighted by Crippen LogP contribution is 2.32. The molecule has 0 aromatic rings. The van der Waals surface area contributed by atoms with Gasteiger partial charge in [0.15, 0.2) is 0 Å². The van der Waals surface area contributed by atoms with Crippen molar-refractivity contribution >= 4 is 0 Å². The molecule has 1 aliphatic rings. The molecule has 2 heteroatoms. The van der Waals surface area contributed by atoms with E-state index < -0.39 is 0 Å². The van der Waals surface area contributed by atoms with Gasteiger partial charge >= 0.3 is 0 Å². The molecule has 1 heterocycles. The van der Waals surface area contributed by atoms with Crippen LogP contribution in [0, 0.1) is 5.41 Å². The molecule has 78 valence electrons. The van der Waals surface area contributed by atoms with Crippen molar-refractivity contribution in [1.82, 2.24) is 0 Å². The van der Waals surface area contributed by atoms with Gasteiger partial charge in [0.2, 0.25) is 0 Å². The maximum atomic E-state index is 8.58. The van der Waals surface area contributed by atoms with Gasteiger partial charge in [-0.05, 0) is 12.8 Å². The average Bonchev–Trinajstić information content (AvgIpc) is 2.08. The quantitative estimate of drug-likeness (QED) is 0.618. The van der Waals surface area contributed by atoms with E-state index in [1.54, 1.807) is 0 Å². The zero-order valence-corrected chi connectivity index (χ0v) is 8.72. The Bertz CT molecular complexity index is 130. The van der Waals surface area contributed by atoms with E-state index in [2.05, 4.69) is 6.92 Å². The second-order valence-electron chi connectivity index (χ2n) is 4.54. The lowest BCUT2D eigenvalue weighted by Gasteiger charge is -2.38. The summed E-state index contributed by atoms with van der Waals surface area (Å²) in [5.74, 6) is 0. The topological polar surface area (TPSA) is 29.5 Å². The van der Waals surface area contributed by atoms with Crippen molar-refractivity contribution in [2.75, 3.05) is 19.8 Å². The van der Waals surface area contributed by atoms with Gasteiger partial charge < -0.3 is 9.84 Å². The Morgan fingerprint density at radius 2 is 1.69 bits per heavy atom. The first-order valence-electron chi connectivity index (χ1n) is 5.45. The number of unbranched alkanes of at least 4 members (excludes halogenated alkanes) is 4. The number of hydrogen-bond donors (Lipinski definition) is 1. The van der Waals surface area contributed by atoms with Crippen LogP contribution in [0.4, 0.5) is 0 Å². The molecular formula is C11H22O2. The summed E-state index contributed by atoms with van der Waals surface area (Å²) in [4.78, 5) is 0. The van der Waals surface area contributed by atoms with Crippen LogP contribution in [-0.2, 0) is 4.74 Å². The monoisotopic (exact) mass is 186 g/mol. The summed E-state index contributed by atoms with van der Waals surface area (Å²) in [6, 6.07) is 0. The van der Waals surface area contributed by atoms with Crippen molar-refractivity contribution in [2.45, 2.75) is 45.4 Å². The van der Waals surface area contributed by atoms with Gasteiger partial charge in [0.1, 0.15) is 0 Å². The molecule has 1 fully saturated rings. The Morgan fingerprint density at radius 3 is 2.23 bits per heavy atom. The van der Waals surface area contributed by atoms with Gasteiger partial charge in [0, 0.05) is 12.0 Å². The average molecular weight is 186 g/mol. The summed E-state index contributed by atoms with van der Waals surface area (Å²) in [6.07, 6.45) is 7.38. The van der Waals surface area contributed by atoms with Gasteiger partial charge in [0.05, 0.1) is 13.2 Å². The molecule has 0 radical (unpaired) electrons. The fourth-order valence-corrected chi connectivity index (χ4v) is 1.79. The van der Waals surface area contributed by atoms with Crippen LogP contribution in [0.3, 0.4) is 0 Å². The Balaban J connectivity index is 1.83. The molecule has 1 saturated heterocycles. The Labute approximate surface area is 81.3 Å². The lowest BCUT2D eigenvalue weighted by molar-refractivity contribution is -0.106. The first-order chi connectivity index (χ1) is 6.27. The van der Waals surface area contributed by atoms with Crippen molar-refractivity contribution in [3.05, 3.63) is 0 Å². The summed E-state index contributed by atoms with van der Waals surface area (Å²) in [5, 5.41) is 8.58. The number of ether oxygens (including phenoxy) is 1. The van der Waals surface area contributed by atoms with Crippen LogP contribution in [0.1, 0.15) is 45.4 Å². The van der Waals surface area contributed by atoms with Gasteiger partial charge in [-0.2, -0.15) is 0 Å². The highest BCUT2D eigenvalue weighted by atomic mass is 16.5. The SMILES string of the molecule is CC1(CCCCCCCO)COC1. The van der Waals surface area contributed by atoms with Crippen molar-refractivity contribution in [3.8, 4) is 0 Å². The highest BCUT2D eigenvalue weighted by Gasteiger charge is 2.32. The lowest BCUT2D eigenvalue weighted by atomic mass is 9.83. The number of aliphatic hydroxyl groups is 1. The molecule has 1 aliphatic heterocycles. The summed E-state index contributed by atoms with van der Waals surface area (Å²) in [6.45, 7) is 4.59. The van der Waals surface area contributed by atoms with E-state index in [-0.39, 0.29) is 0 Å². The van der Waals surface area contributed by atoms with E-state index in [1.807, 2.05) is 0 Å². The smallest absolute Gasteiger partial charge is 0.0542 e. The largest absolute Gasteiger partial charge is 0.396 e. The third-order valence-corrected chi connectivity index (χ3v) is 2.84. The maximum absolute atomic E-state index is 8.58. The Hall–Kier alpha value is -0.0800. The van der Waals surface area contributed by atoms with Crippen LogP contribution in [0.2, 0.25) is 0 Å². The van der Waals surface area contributed by atoms with E-state index in [1.165, 1.54) is 32.1 Å². The molecule has 0 aromatic heterocycles. The minimum atomic E-state index is 0.353. The van der Waals surface area contributed by atoms with Gasteiger partial charge in [0.25, 0.3) is 0 Å². The zero-order chi connectivity index (χ0) is 9.57. The highest BCUT2D eigenvalue weighted by molar-refractivity contribution is 4.80. The molecule has 1 N–H and O–H groups in total.